The first-order valence-electron chi connectivity index (χ1n) is 5.30. The van der Waals surface area contributed by atoms with Crippen LogP contribution >= 0.6 is 11.8 Å². The number of thioether (sulfide) groups is 1. The minimum atomic E-state index is -0.0536. The molecule has 18 heavy (non-hydrogen) atoms. The Bertz CT molecular complexity index is 594. The van der Waals surface area contributed by atoms with Gasteiger partial charge in [-0.05, 0) is 24.3 Å². The zero-order chi connectivity index (χ0) is 12.5. The summed E-state index contributed by atoms with van der Waals surface area (Å²) in [4.78, 5) is 11.4. The Balaban J connectivity index is 2.01. The van der Waals surface area contributed by atoms with Gasteiger partial charge in [0.1, 0.15) is 5.75 Å². The molecule has 1 amide bonds. The van der Waals surface area contributed by atoms with E-state index in [1.165, 1.54) is 11.8 Å². The van der Waals surface area contributed by atoms with E-state index in [0.717, 1.165) is 11.3 Å². The van der Waals surface area contributed by atoms with Crippen LogP contribution in [0, 0.1) is 0 Å². The Morgan fingerprint density at radius 2 is 2.11 bits per heavy atom. The SMILES string of the molecule is COc1ccc(-c2nnc3n2NC(=O)CS3)cc1. The van der Waals surface area contributed by atoms with Crippen LogP contribution in [0.2, 0.25) is 0 Å². The van der Waals surface area contributed by atoms with Crippen molar-refractivity contribution in [3.8, 4) is 17.1 Å². The summed E-state index contributed by atoms with van der Waals surface area (Å²) in [5.41, 5.74) is 3.61. The molecule has 1 N–H and O–H groups in total. The van der Waals surface area contributed by atoms with Crippen LogP contribution in [0.4, 0.5) is 0 Å². The van der Waals surface area contributed by atoms with Crippen LogP contribution in [0.3, 0.4) is 0 Å². The van der Waals surface area contributed by atoms with Crippen molar-refractivity contribution in [3.05, 3.63) is 24.3 Å². The Morgan fingerprint density at radius 1 is 1.33 bits per heavy atom. The molecule has 6 nitrogen and oxygen atoms in total. The molecule has 92 valence electrons. The van der Waals surface area contributed by atoms with E-state index in [2.05, 4.69) is 15.6 Å². The zero-order valence-electron chi connectivity index (χ0n) is 9.58. The van der Waals surface area contributed by atoms with Crippen molar-refractivity contribution in [1.82, 2.24) is 14.9 Å². The third kappa shape index (κ3) is 1.82. The van der Waals surface area contributed by atoms with Crippen LogP contribution in [0.1, 0.15) is 0 Å². The summed E-state index contributed by atoms with van der Waals surface area (Å²) in [6.07, 6.45) is 0. The maximum absolute atomic E-state index is 11.4. The topological polar surface area (TPSA) is 69.0 Å². The molecule has 0 saturated heterocycles. The van der Waals surface area contributed by atoms with E-state index in [0.29, 0.717) is 16.7 Å². The highest BCUT2D eigenvalue weighted by Gasteiger charge is 2.21. The molecule has 2 aromatic rings. The van der Waals surface area contributed by atoms with Gasteiger partial charge >= 0.3 is 0 Å². The predicted molar refractivity (Wildman–Crippen MR) is 67.1 cm³/mol. The van der Waals surface area contributed by atoms with Gasteiger partial charge in [-0.3, -0.25) is 10.2 Å². The number of hydrogen-bond donors (Lipinski definition) is 1. The minimum absolute atomic E-state index is 0.0536. The summed E-state index contributed by atoms with van der Waals surface area (Å²) in [7, 11) is 1.62. The van der Waals surface area contributed by atoms with E-state index in [1.54, 1.807) is 11.8 Å². The summed E-state index contributed by atoms with van der Waals surface area (Å²) in [6, 6.07) is 7.44. The second-order valence-electron chi connectivity index (χ2n) is 3.69. The van der Waals surface area contributed by atoms with E-state index in [4.69, 9.17) is 4.74 Å². The van der Waals surface area contributed by atoms with Gasteiger partial charge in [0.15, 0.2) is 5.82 Å². The van der Waals surface area contributed by atoms with Gasteiger partial charge in [0.05, 0.1) is 12.9 Å². The molecular weight excluding hydrogens is 252 g/mol. The molecule has 0 aliphatic carbocycles. The molecule has 2 heterocycles. The van der Waals surface area contributed by atoms with E-state index >= 15 is 0 Å². The average molecular weight is 262 g/mol. The first kappa shape index (κ1) is 11.1. The maximum Gasteiger partial charge on any atom is 0.249 e. The normalized spacial score (nSPS) is 13.9. The number of carbonyl (C=O) groups is 1. The van der Waals surface area contributed by atoms with Crippen LogP contribution in [-0.4, -0.2) is 33.6 Å². The van der Waals surface area contributed by atoms with Crippen LogP contribution < -0.4 is 10.2 Å². The van der Waals surface area contributed by atoms with Gasteiger partial charge in [0.25, 0.3) is 0 Å². The van der Waals surface area contributed by atoms with Crippen molar-refractivity contribution >= 4 is 17.7 Å². The highest BCUT2D eigenvalue weighted by atomic mass is 32.2. The number of benzene rings is 1. The fraction of sp³-hybridized carbons (Fsp3) is 0.182. The number of carbonyl (C=O) groups excluding carboxylic acids is 1. The second kappa shape index (κ2) is 4.34. The quantitative estimate of drug-likeness (QED) is 0.878. The molecule has 0 saturated carbocycles. The molecule has 0 spiro atoms. The van der Waals surface area contributed by atoms with E-state index < -0.39 is 0 Å². The van der Waals surface area contributed by atoms with Crippen molar-refractivity contribution in [2.75, 3.05) is 18.3 Å². The van der Waals surface area contributed by atoms with E-state index in [1.807, 2.05) is 24.3 Å². The summed E-state index contributed by atoms with van der Waals surface area (Å²) < 4.78 is 6.71. The fourth-order valence-corrected chi connectivity index (χ4v) is 2.36. The van der Waals surface area contributed by atoms with Crippen molar-refractivity contribution < 1.29 is 9.53 Å². The number of hydrogen-bond acceptors (Lipinski definition) is 5. The first-order chi connectivity index (χ1) is 8.78. The monoisotopic (exact) mass is 262 g/mol. The standard InChI is InChI=1S/C11H10N4O2S/c1-17-8-4-2-7(3-5-8)10-12-13-11-15(10)14-9(16)6-18-11/h2-5H,6H2,1H3,(H,14,16). The predicted octanol–water partition coefficient (Wildman–Crippen LogP) is 1.13. The molecule has 7 heteroatoms. The number of ether oxygens (including phenoxy) is 1. The number of methoxy groups -OCH3 is 1. The minimum Gasteiger partial charge on any atom is -0.497 e. The van der Waals surface area contributed by atoms with Crippen molar-refractivity contribution in [3.63, 3.8) is 0 Å². The second-order valence-corrected chi connectivity index (χ2v) is 4.64. The number of fused-ring (bicyclic) bond motifs is 1. The van der Waals surface area contributed by atoms with Crippen molar-refractivity contribution in [2.24, 2.45) is 0 Å². The van der Waals surface area contributed by atoms with Gasteiger partial charge in [0.2, 0.25) is 11.1 Å². The highest BCUT2D eigenvalue weighted by molar-refractivity contribution is 7.99. The van der Waals surface area contributed by atoms with Crippen molar-refractivity contribution in [1.29, 1.82) is 0 Å². The lowest BCUT2D eigenvalue weighted by molar-refractivity contribution is -0.114. The van der Waals surface area contributed by atoms with Crippen molar-refractivity contribution in [2.45, 2.75) is 5.16 Å². The third-order valence-corrected chi connectivity index (χ3v) is 3.48. The molecule has 1 aliphatic heterocycles. The van der Waals surface area contributed by atoms with Gasteiger partial charge in [0, 0.05) is 5.56 Å². The molecule has 1 aromatic heterocycles. The van der Waals surface area contributed by atoms with Gasteiger partial charge < -0.3 is 4.74 Å². The largest absolute Gasteiger partial charge is 0.497 e. The molecule has 1 aliphatic rings. The Hall–Kier alpha value is -2.02. The molecule has 0 fully saturated rings. The number of aromatic nitrogens is 3. The molecule has 0 bridgehead atoms. The lowest BCUT2D eigenvalue weighted by Crippen LogP contribution is -2.29. The van der Waals surface area contributed by atoms with Gasteiger partial charge in [-0.1, -0.05) is 11.8 Å². The van der Waals surface area contributed by atoms with Crippen LogP contribution in [-0.2, 0) is 4.79 Å². The Labute approximate surface area is 107 Å². The number of amides is 1. The number of nitrogens with one attached hydrogen (secondary N) is 1. The van der Waals surface area contributed by atoms with Crippen LogP contribution in [0.25, 0.3) is 11.4 Å². The smallest absolute Gasteiger partial charge is 0.249 e. The number of nitrogens with zero attached hydrogens (tertiary/aromatic N) is 3. The Kier molecular flexibility index (Phi) is 2.67. The molecular formula is C11H10N4O2S. The van der Waals surface area contributed by atoms with E-state index in [9.17, 15) is 4.79 Å². The molecule has 3 rings (SSSR count). The summed E-state index contributed by atoms with van der Waals surface area (Å²) in [5.74, 6) is 1.71. The van der Waals surface area contributed by atoms with Crippen LogP contribution in [0.5, 0.6) is 5.75 Å². The summed E-state index contributed by atoms with van der Waals surface area (Å²) in [5, 5.41) is 8.83. The molecule has 0 unspecified atom stereocenters. The van der Waals surface area contributed by atoms with Gasteiger partial charge in [-0.15, -0.1) is 10.2 Å². The Morgan fingerprint density at radius 3 is 2.83 bits per heavy atom. The van der Waals surface area contributed by atoms with Crippen LogP contribution in [0.15, 0.2) is 29.4 Å². The van der Waals surface area contributed by atoms with Gasteiger partial charge in [-0.25, -0.2) is 4.68 Å². The summed E-state index contributed by atoms with van der Waals surface area (Å²) >= 11 is 1.37. The first-order valence-corrected chi connectivity index (χ1v) is 6.29. The third-order valence-electron chi connectivity index (χ3n) is 2.55. The lowest BCUT2D eigenvalue weighted by atomic mass is 10.2. The molecule has 0 radical (unpaired) electrons. The summed E-state index contributed by atoms with van der Waals surface area (Å²) in [6.45, 7) is 0. The molecule has 0 atom stereocenters. The lowest BCUT2D eigenvalue weighted by Gasteiger charge is -2.15. The highest BCUT2D eigenvalue weighted by Crippen LogP contribution is 2.26. The zero-order valence-corrected chi connectivity index (χ0v) is 10.4. The van der Waals surface area contributed by atoms with Gasteiger partial charge in [-0.2, -0.15) is 0 Å². The maximum atomic E-state index is 11.4. The average Bonchev–Trinajstić information content (AvgIpc) is 2.82. The molecule has 1 aromatic carbocycles. The number of rotatable bonds is 2. The van der Waals surface area contributed by atoms with E-state index in [-0.39, 0.29) is 5.91 Å². The fourth-order valence-electron chi connectivity index (χ4n) is 1.68.